The molecule has 0 unspecified atom stereocenters. The highest BCUT2D eigenvalue weighted by atomic mass is 16.6. The number of furan rings is 1. The van der Waals surface area contributed by atoms with E-state index in [-0.39, 0.29) is 18.4 Å². The van der Waals surface area contributed by atoms with Crippen LogP contribution in [-0.2, 0) is 27.3 Å². The zero-order valence-electron chi connectivity index (χ0n) is 22.8. The number of carbonyl (C=O) groups is 2. The average molecular weight is 543 g/mol. The molecule has 3 aromatic carbocycles. The number of amides is 1. The monoisotopic (exact) mass is 542 g/mol. The summed E-state index contributed by atoms with van der Waals surface area (Å²) in [6.07, 6.45) is 1.57. The van der Waals surface area contributed by atoms with Gasteiger partial charge in [0.2, 0.25) is 0 Å². The van der Waals surface area contributed by atoms with E-state index in [1.807, 2.05) is 60.7 Å². The molecule has 2 heterocycles. The summed E-state index contributed by atoms with van der Waals surface area (Å²) in [6, 6.07) is 19.2. The van der Waals surface area contributed by atoms with Crippen LogP contribution in [0.25, 0.3) is 33.1 Å². The molecule has 0 saturated heterocycles. The summed E-state index contributed by atoms with van der Waals surface area (Å²) in [7, 11) is 0. The van der Waals surface area contributed by atoms with Crippen molar-refractivity contribution in [2.45, 2.75) is 46.3 Å². The Morgan fingerprint density at radius 2 is 1.80 bits per heavy atom. The van der Waals surface area contributed by atoms with E-state index in [1.165, 1.54) is 6.92 Å². The molecule has 0 bridgehead atoms. The van der Waals surface area contributed by atoms with E-state index in [0.717, 1.165) is 33.4 Å². The van der Waals surface area contributed by atoms with Gasteiger partial charge in [-0.05, 0) is 62.2 Å². The minimum absolute atomic E-state index is 0.270. The van der Waals surface area contributed by atoms with Crippen LogP contribution >= 0.6 is 0 Å². The molecule has 0 fully saturated rings. The maximum atomic E-state index is 12.3. The highest BCUT2D eigenvalue weighted by Gasteiger charge is 2.21. The molecule has 0 spiro atoms. The third kappa shape index (κ3) is 6.09. The number of anilines is 1. The number of ether oxygens (including phenoxy) is 3. The smallest absolute Gasteiger partial charge is 0.413 e. The number of hydrogen-bond donors (Lipinski definition) is 1. The number of hydrogen-bond acceptors (Lipinski definition) is 8. The van der Waals surface area contributed by atoms with E-state index in [9.17, 15) is 9.59 Å². The molecule has 9 heteroatoms. The number of nitrogens with one attached hydrogen (secondary N) is 1. The van der Waals surface area contributed by atoms with Crippen molar-refractivity contribution >= 4 is 39.8 Å². The van der Waals surface area contributed by atoms with E-state index < -0.39 is 11.7 Å². The number of para-hydroxylation sites is 2. The van der Waals surface area contributed by atoms with Crippen LogP contribution in [0, 0.1) is 0 Å². The number of carbonyl (C=O) groups excluding carboxylic acids is 2. The van der Waals surface area contributed by atoms with Crippen molar-refractivity contribution in [3.05, 3.63) is 78.1 Å². The van der Waals surface area contributed by atoms with Gasteiger partial charge in [0.25, 0.3) is 0 Å². The molecule has 1 amide bonds. The Balaban J connectivity index is 1.43. The fourth-order valence-corrected chi connectivity index (χ4v) is 4.41. The van der Waals surface area contributed by atoms with Crippen LogP contribution in [-0.4, -0.2) is 29.4 Å². The first kappa shape index (κ1) is 26.8. The molecule has 206 valence electrons. The van der Waals surface area contributed by atoms with Gasteiger partial charge in [0.05, 0.1) is 18.3 Å². The van der Waals surface area contributed by atoms with Gasteiger partial charge in [-0.1, -0.05) is 35.5 Å². The molecule has 0 atom stereocenters. The Kier molecular flexibility index (Phi) is 7.46. The molecule has 9 nitrogen and oxygen atoms in total. The number of fused-ring (bicyclic) bond motifs is 2. The Hall–Kier alpha value is -4.79. The molecule has 0 radical (unpaired) electrons. The Bertz CT molecular complexity index is 1680. The molecule has 0 aliphatic carbocycles. The van der Waals surface area contributed by atoms with Crippen molar-refractivity contribution in [3.8, 4) is 16.9 Å². The Morgan fingerprint density at radius 3 is 2.60 bits per heavy atom. The van der Waals surface area contributed by atoms with Gasteiger partial charge in [-0.2, -0.15) is 0 Å². The van der Waals surface area contributed by atoms with Crippen LogP contribution in [0.5, 0.6) is 5.75 Å². The van der Waals surface area contributed by atoms with Crippen molar-refractivity contribution in [3.63, 3.8) is 0 Å². The molecule has 0 aliphatic heterocycles. The van der Waals surface area contributed by atoms with Crippen molar-refractivity contribution in [1.82, 2.24) is 5.16 Å². The lowest BCUT2D eigenvalue weighted by Gasteiger charge is -2.19. The zero-order chi connectivity index (χ0) is 28.3. The molecule has 1 N–H and O–H groups in total. The summed E-state index contributed by atoms with van der Waals surface area (Å²) in [4.78, 5) is 23.5. The summed E-state index contributed by atoms with van der Waals surface area (Å²) in [6.45, 7) is 7.35. The van der Waals surface area contributed by atoms with Gasteiger partial charge >= 0.3 is 12.1 Å². The normalized spacial score (nSPS) is 11.5. The lowest BCUT2D eigenvalue weighted by molar-refractivity contribution is -0.140. The van der Waals surface area contributed by atoms with Crippen molar-refractivity contribution in [1.29, 1.82) is 0 Å². The topological polar surface area (TPSA) is 113 Å². The second-order valence-corrected chi connectivity index (χ2v) is 10.3. The Morgan fingerprint density at radius 1 is 0.975 bits per heavy atom. The molecule has 0 aliphatic rings. The van der Waals surface area contributed by atoms with Gasteiger partial charge in [-0.3, -0.25) is 10.1 Å². The van der Waals surface area contributed by atoms with E-state index in [1.54, 1.807) is 27.0 Å². The van der Waals surface area contributed by atoms with Crippen LogP contribution in [0.4, 0.5) is 10.6 Å². The standard InChI is InChI=1S/C31H30N2O7/c1-19(34)36-14-12-21-8-5-6-11-26(21)38-18-20-16-22-13-15-37-27(22)25(17-20)23-9-7-10-24-28(23)40-33-29(24)32-30(35)39-31(2,3)4/h5-11,13,15-17H,12,14,18H2,1-4H3,(H,32,33,35). The number of aromatic nitrogens is 1. The highest BCUT2D eigenvalue weighted by Crippen LogP contribution is 2.38. The number of benzene rings is 3. The predicted octanol–water partition coefficient (Wildman–Crippen LogP) is 7.27. The molecule has 40 heavy (non-hydrogen) atoms. The number of rotatable bonds is 8. The predicted molar refractivity (Wildman–Crippen MR) is 150 cm³/mol. The number of esters is 1. The fraction of sp³-hybridized carbons (Fsp3) is 0.258. The minimum Gasteiger partial charge on any atom is -0.489 e. The minimum atomic E-state index is -0.648. The van der Waals surface area contributed by atoms with E-state index in [0.29, 0.717) is 29.6 Å². The first-order valence-corrected chi connectivity index (χ1v) is 12.9. The van der Waals surface area contributed by atoms with Crippen LogP contribution in [0.1, 0.15) is 38.8 Å². The molecule has 2 aromatic heterocycles. The van der Waals surface area contributed by atoms with Crippen LogP contribution in [0.2, 0.25) is 0 Å². The quantitative estimate of drug-likeness (QED) is 0.204. The molecule has 5 rings (SSSR count). The van der Waals surface area contributed by atoms with Gasteiger partial charge in [0, 0.05) is 29.9 Å². The molecule has 5 aromatic rings. The molecular formula is C31H30N2O7. The highest BCUT2D eigenvalue weighted by molar-refractivity contribution is 6.05. The summed E-state index contributed by atoms with van der Waals surface area (Å²) < 4.78 is 28.2. The van der Waals surface area contributed by atoms with Crippen LogP contribution in [0.15, 0.2) is 75.9 Å². The van der Waals surface area contributed by atoms with Gasteiger partial charge in [-0.15, -0.1) is 0 Å². The van der Waals surface area contributed by atoms with E-state index in [4.69, 9.17) is 23.2 Å². The van der Waals surface area contributed by atoms with Crippen LogP contribution < -0.4 is 10.1 Å². The summed E-state index contributed by atoms with van der Waals surface area (Å²) in [5, 5.41) is 8.30. The summed E-state index contributed by atoms with van der Waals surface area (Å²) in [5.74, 6) is 0.680. The van der Waals surface area contributed by atoms with Crippen molar-refractivity contribution in [2.75, 3.05) is 11.9 Å². The number of nitrogens with zero attached hydrogens (tertiary/aromatic N) is 1. The van der Waals surface area contributed by atoms with Gasteiger partial charge < -0.3 is 23.2 Å². The molecule has 0 saturated carbocycles. The third-order valence-electron chi connectivity index (χ3n) is 6.06. The van der Waals surface area contributed by atoms with E-state index >= 15 is 0 Å². The zero-order valence-corrected chi connectivity index (χ0v) is 22.8. The van der Waals surface area contributed by atoms with Crippen LogP contribution in [0.3, 0.4) is 0 Å². The van der Waals surface area contributed by atoms with Crippen molar-refractivity contribution in [2.24, 2.45) is 0 Å². The maximum absolute atomic E-state index is 12.3. The SMILES string of the molecule is CC(=O)OCCc1ccccc1OCc1cc(-c2cccc3c(NC(=O)OC(C)(C)C)noc23)c2occc2c1. The first-order chi connectivity index (χ1) is 19.2. The third-order valence-corrected chi connectivity index (χ3v) is 6.06. The van der Waals surface area contributed by atoms with Gasteiger partial charge in [0.1, 0.15) is 23.5 Å². The first-order valence-electron chi connectivity index (χ1n) is 12.9. The largest absolute Gasteiger partial charge is 0.489 e. The summed E-state index contributed by atoms with van der Waals surface area (Å²) >= 11 is 0. The lowest BCUT2D eigenvalue weighted by Crippen LogP contribution is -2.27. The maximum Gasteiger partial charge on any atom is 0.413 e. The summed E-state index contributed by atoms with van der Waals surface area (Å²) in [5.41, 5.74) is 3.97. The van der Waals surface area contributed by atoms with Gasteiger partial charge in [-0.25, -0.2) is 4.79 Å². The Labute approximate surface area is 231 Å². The second kappa shape index (κ2) is 11.1. The molecular weight excluding hydrogens is 512 g/mol. The lowest BCUT2D eigenvalue weighted by atomic mass is 9.99. The second-order valence-electron chi connectivity index (χ2n) is 10.3. The van der Waals surface area contributed by atoms with E-state index in [2.05, 4.69) is 10.5 Å². The van der Waals surface area contributed by atoms with Crippen molar-refractivity contribution < 1.29 is 32.7 Å². The van der Waals surface area contributed by atoms with Gasteiger partial charge in [0.15, 0.2) is 11.4 Å². The average Bonchev–Trinajstić information content (AvgIpc) is 3.53. The fourth-order valence-electron chi connectivity index (χ4n) is 4.41.